The Kier molecular flexibility index (Phi) is 7.89. The van der Waals surface area contributed by atoms with Gasteiger partial charge in [-0.3, -0.25) is 9.59 Å². The molecule has 0 saturated carbocycles. The molecule has 0 aliphatic carbocycles. The summed E-state index contributed by atoms with van der Waals surface area (Å²) >= 11 is 0. The van der Waals surface area contributed by atoms with Crippen molar-refractivity contribution in [3.8, 4) is 5.75 Å². The Bertz CT molecular complexity index is 838. The van der Waals surface area contributed by atoms with Crippen molar-refractivity contribution in [1.82, 2.24) is 4.90 Å². The van der Waals surface area contributed by atoms with Crippen molar-refractivity contribution in [3.05, 3.63) is 59.7 Å². The summed E-state index contributed by atoms with van der Waals surface area (Å²) in [7, 11) is 0. The minimum absolute atomic E-state index is 0.0682. The molecule has 0 aromatic heterocycles. The molecule has 0 radical (unpaired) electrons. The van der Waals surface area contributed by atoms with Crippen molar-refractivity contribution in [1.29, 1.82) is 0 Å². The third kappa shape index (κ3) is 6.09. The lowest BCUT2D eigenvalue weighted by atomic mass is 10.1. The molecule has 2 amide bonds. The van der Waals surface area contributed by atoms with E-state index in [9.17, 15) is 9.59 Å². The number of hydrogen-bond acceptors (Lipinski definition) is 3. The molecular formula is C25H32N2O3. The second kappa shape index (κ2) is 10.8. The monoisotopic (exact) mass is 408 g/mol. The van der Waals surface area contributed by atoms with E-state index in [1.165, 1.54) is 12.8 Å². The van der Waals surface area contributed by atoms with Gasteiger partial charge in [-0.2, -0.15) is 0 Å². The van der Waals surface area contributed by atoms with Gasteiger partial charge in [0.15, 0.2) is 0 Å². The molecule has 1 saturated heterocycles. The van der Waals surface area contributed by atoms with Crippen LogP contribution in [0.3, 0.4) is 0 Å². The van der Waals surface area contributed by atoms with Crippen molar-refractivity contribution in [2.24, 2.45) is 5.92 Å². The SMILES string of the molecule is CC(C)CCOc1ccccc1C(=O)Nc1ccc(C(=O)N2CCCCCC2)cc1. The first-order valence-corrected chi connectivity index (χ1v) is 11.0. The zero-order valence-electron chi connectivity index (χ0n) is 18.0. The van der Waals surface area contributed by atoms with Gasteiger partial charge in [0, 0.05) is 24.3 Å². The fourth-order valence-electron chi connectivity index (χ4n) is 3.54. The van der Waals surface area contributed by atoms with Crippen LogP contribution in [0.25, 0.3) is 0 Å². The van der Waals surface area contributed by atoms with E-state index in [0.717, 1.165) is 32.4 Å². The smallest absolute Gasteiger partial charge is 0.259 e. The Morgan fingerprint density at radius 2 is 1.63 bits per heavy atom. The predicted octanol–water partition coefficient (Wildman–Crippen LogP) is 5.38. The molecule has 0 unspecified atom stereocenters. The molecule has 1 aliphatic rings. The highest BCUT2D eigenvalue weighted by Gasteiger charge is 2.18. The van der Waals surface area contributed by atoms with Gasteiger partial charge in [0.05, 0.1) is 12.2 Å². The summed E-state index contributed by atoms with van der Waals surface area (Å²) in [5.74, 6) is 0.977. The first-order valence-electron chi connectivity index (χ1n) is 11.0. The lowest BCUT2D eigenvalue weighted by molar-refractivity contribution is 0.0761. The van der Waals surface area contributed by atoms with Crippen LogP contribution < -0.4 is 10.1 Å². The van der Waals surface area contributed by atoms with Crippen LogP contribution in [0.1, 0.15) is 66.7 Å². The summed E-state index contributed by atoms with van der Waals surface area (Å²) in [6.45, 7) is 6.51. The number of carbonyl (C=O) groups is 2. The van der Waals surface area contributed by atoms with E-state index in [1.54, 1.807) is 30.3 Å². The summed E-state index contributed by atoms with van der Waals surface area (Å²) < 4.78 is 5.82. The number of carbonyl (C=O) groups excluding carboxylic acids is 2. The Morgan fingerprint density at radius 1 is 0.967 bits per heavy atom. The van der Waals surface area contributed by atoms with Gasteiger partial charge >= 0.3 is 0 Å². The number of amides is 2. The molecular weight excluding hydrogens is 376 g/mol. The molecule has 1 aliphatic heterocycles. The van der Waals surface area contributed by atoms with Crippen LogP contribution in [0.2, 0.25) is 0 Å². The number of hydrogen-bond donors (Lipinski definition) is 1. The average Bonchev–Trinajstić information content (AvgIpc) is 3.03. The Hall–Kier alpha value is -2.82. The second-order valence-electron chi connectivity index (χ2n) is 8.27. The molecule has 1 fully saturated rings. The number of para-hydroxylation sites is 1. The van der Waals surface area contributed by atoms with Crippen molar-refractivity contribution < 1.29 is 14.3 Å². The normalized spacial score (nSPS) is 14.3. The molecule has 160 valence electrons. The van der Waals surface area contributed by atoms with Crippen LogP contribution in [0, 0.1) is 5.92 Å². The van der Waals surface area contributed by atoms with Gasteiger partial charge in [-0.25, -0.2) is 0 Å². The topological polar surface area (TPSA) is 58.6 Å². The summed E-state index contributed by atoms with van der Waals surface area (Å²) in [6, 6.07) is 14.4. The van der Waals surface area contributed by atoms with E-state index < -0.39 is 0 Å². The van der Waals surface area contributed by atoms with Crippen molar-refractivity contribution in [2.75, 3.05) is 25.0 Å². The highest BCUT2D eigenvalue weighted by Crippen LogP contribution is 2.21. The molecule has 1 N–H and O–H groups in total. The lowest BCUT2D eigenvalue weighted by Crippen LogP contribution is -2.31. The number of anilines is 1. The van der Waals surface area contributed by atoms with E-state index in [1.807, 2.05) is 23.1 Å². The first-order chi connectivity index (χ1) is 14.5. The van der Waals surface area contributed by atoms with Gasteiger partial charge in [0.1, 0.15) is 5.75 Å². The quantitative estimate of drug-likeness (QED) is 0.669. The molecule has 2 aromatic rings. The van der Waals surface area contributed by atoms with Gasteiger partial charge < -0.3 is 15.0 Å². The maximum absolute atomic E-state index is 12.8. The maximum Gasteiger partial charge on any atom is 0.259 e. The third-order valence-corrected chi connectivity index (χ3v) is 5.37. The van der Waals surface area contributed by atoms with Crippen LogP contribution in [0.4, 0.5) is 5.69 Å². The first kappa shape index (κ1) is 21.9. The highest BCUT2D eigenvalue weighted by atomic mass is 16.5. The fraction of sp³-hybridized carbons (Fsp3) is 0.440. The van der Waals surface area contributed by atoms with Gasteiger partial charge in [0.2, 0.25) is 0 Å². The fourth-order valence-corrected chi connectivity index (χ4v) is 3.54. The van der Waals surface area contributed by atoms with Crippen LogP contribution in [-0.4, -0.2) is 36.4 Å². The summed E-state index contributed by atoms with van der Waals surface area (Å²) in [5.41, 5.74) is 1.82. The van der Waals surface area contributed by atoms with E-state index in [-0.39, 0.29) is 11.8 Å². The Labute approximate surface area is 179 Å². The minimum Gasteiger partial charge on any atom is -0.493 e. The second-order valence-corrected chi connectivity index (χ2v) is 8.27. The molecule has 30 heavy (non-hydrogen) atoms. The Morgan fingerprint density at radius 3 is 2.30 bits per heavy atom. The van der Waals surface area contributed by atoms with E-state index >= 15 is 0 Å². The minimum atomic E-state index is -0.221. The lowest BCUT2D eigenvalue weighted by Gasteiger charge is -2.20. The summed E-state index contributed by atoms with van der Waals surface area (Å²) in [5, 5.41) is 2.91. The maximum atomic E-state index is 12.8. The number of rotatable bonds is 7. The van der Waals surface area contributed by atoms with E-state index in [4.69, 9.17) is 4.74 Å². The summed E-state index contributed by atoms with van der Waals surface area (Å²) in [6.07, 6.45) is 5.45. The molecule has 0 atom stereocenters. The van der Waals surface area contributed by atoms with Crippen molar-refractivity contribution >= 4 is 17.5 Å². The van der Waals surface area contributed by atoms with Gasteiger partial charge in [-0.1, -0.05) is 38.8 Å². The zero-order valence-corrected chi connectivity index (χ0v) is 18.0. The van der Waals surface area contributed by atoms with Gasteiger partial charge in [-0.15, -0.1) is 0 Å². The zero-order chi connectivity index (χ0) is 21.3. The third-order valence-electron chi connectivity index (χ3n) is 5.37. The molecule has 0 spiro atoms. The molecule has 3 rings (SSSR count). The number of nitrogens with one attached hydrogen (secondary N) is 1. The Balaban J connectivity index is 1.63. The average molecular weight is 409 g/mol. The molecule has 5 heteroatoms. The predicted molar refractivity (Wildman–Crippen MR) is 120 cm³/mol. The molecule has 2 aromatic carbocycles. The molecule has 0 bridgehead atoms. The van der Waals surface area contributed by atoms with Gasteiger partial charge in [-0.05, 0) is 61.6 Å². The van der Waals surface area contributed by atoms with Crippen molar-refractivity contribution in [3.63, 3.8) is 0 Å². The largest absolute Gasteiger partial charge is 0.493 e. The van der Waals surface area contributed by atoms with Crippen molar-refractivity contribution in [2.45, 2.75) is 46.0 Å². The van der Waals surface area contributed by atoms with Crippen LogP contribution >= 0.6 is 0 Å². The molecule has 5 nitrogen and oxygen atoms in total. The van der Waals surface area contributed by atoms with Crippen LogP contribution in [0.15, 0.2) is 48.5 Å². The molecule has 1 heterocycles. The number of likely N-dealkylation sites (tertiary alicyclic amines) is 1. The standard InChI is InChI=1S/C25H32N2O3/c1-19(2)15-18-30-23-10-6-5-9-22(23)24(28)26-21-13-11-20(12-14-21)25(29)27-16-7-3-4-8-17-27/h5-6,9-14,19H,3-4,7-8,15-18H2,1-2H3,(H,26,28). The van der Waals surface area contributed by atoms with E-state index in [0.29, 0.717) is 35.1 Å². The van der Waals surface area contributed by atoms with Crippen LogP contribution in [0.5, 0.6) is 5.75 Å². The summed E-state index contributed by atoms with van der Waals surface area (Å²) in [4.78, 5) is 27.4. The van der Waals surface area contributed by atoms with Gasteiger partial charge in [0.25, 0.3) is 11.8 Å². The van der Waals surface area contributed by atoms with Crippen LogP contribution in [-0.2, 0) is 0 Å². The number of ether oxygens (including phenoxy) is 1. The number of benzene rings is 2. The highest BCUT2D eigenvalue weighted by molar-refractivity contribution is 6.06. The van der Waals surface area contributed by atoms with E-state index in [2.05, 4.69) is 19.2 Å². The number of nitrogens with zero attached hydrogens (tertiary/aromatic N) is 1.